The van der Waals surface area contributed by atoms with Crippen molar-refractivity contribution in [2.75, 3.05) is 75.8 Å². The Morgan fingerprint density at radius 3 is 2.35 bits per heavy atom. The fraction of sp³-hybridized carbons (Fsp3) is 0.537. The number of allylic oxidation sites excluding steroid dienone is 3. The number of likely N-dealkylation sites (N-methyl/N-ethyl adjacent to an activating group) is 1. The van der Waals surface area contributed by atoms with Crippen LogP contribution in [0.1, 0.15) is 60.8 Å². The average Bonchev–Trinajstić information content (AvgIpc) is 3.63. The molecule has 0 N–H and O–H groups in total. The van der Waals surface area contributed by atoms with Gasteiger partial charge in [-0.25, -0.2) is 4.98 Å². The van der Waals surface area contributed by atoms with E-state index in [9.17, 15) is 4.79 Å². The van der Waals surface area contributed by atoms with Crippen LogP contribution in [0, 0.1) is 19.3 Å². The minimum atomic E-state index is 0.0312. The quantitative estimate of drug-likeness (QED) is 0.188. The molecule has 260 valence electrons. The van der Waals surface area contributed by atoms with Gasteiger partial charge in [0.2, 0.25) is 11.9 Å². The summed E-state index contributed by atoms with van der Waals surface area (Å²) in [4.78, 5) is 35.6. The first-order valence-corrected chi connectivity index (χ1v) is 18.4. The molecule has 1 aromatic carbocycles. The van der Waals surface area contributed by atoms with E-state index < -0.39 is 0 Å². The highest BCUT2D eigenvalue weighted by molar-refractivity contribution is 5.88. The van der Waals surface area contributed by atoms with Crippen molar-refractivity contribution in [3.63, 3.8) is 0 Å². The minimum Gasteiger partial charge on any atom is -0.355 e. The Balaban J connectivity index is 1.28. The van der Waals surface area contributed by atoms with Gasteiger partial charge in [0.1, 0.15) is 5.82 Å². The zero-order valence-electron chi connectivity index (χ0n) is 30.3. The summed E-state index contributed by atoms with van der Waals surface area (Å²) in [5.74, 6) is 2.19. The van der Waals surface area contributed by atoms with Crippen molar-refractivity contribution in [2.45, 2.75) is 70.9 Å². The SMILES string of the molecule is C=CC(=C)Cc1c(C)ccc(C)c1-c1nc(N2CCC(N3CCN(C)[C@H](C)C3)CC2)nc(N2CCC3(CN(C(=O)C=C)C3)C2)c1C1CC1=C. The van der Waals surface area contributed by atoms with E-state index >= 15 is 0 Å². The number of nitrogens with zero attached hydrogens (tertiary/aromatic N) is 7. The molecule has 1 unspecified atom stereocenters. The fourth-order valence-corrected chi connectivity index (χ4v) is 8.84. The van der Waals surface area contributed by atoms with Crippen molar-refractivity contribution in [1.29, 1.82) is 0 Å². The maximum Gasteiger partial charge on any atom is 0.245 e. The van der Waals surface area contributed by atoms with Crippen molar-refractivity contribution in [2.24, 2.45) is 5.41 Å². The maximum absolute atomic E-state index is 12.4. The predicted octanol–water partition coefficient (Wildman–Crippen LogP) is 5.92. The lowest BCUT2D eigenvalue weighted by atomic mass is 9.79. The van der Waals surface area contributed by atoms with E-state index in [-0.39, 0.29) is 17.2 Å². The van der Waals surface area contributed by atoms with Crippen LogP contribution in [0.4, 0.5) is 11.8 Å². The first-order chi connectivity index (χ1) is 23.5. The molecule has 2 aromatic rings. The molecule has 8 heteroatoms. The Bertz CT molecular complexity index is 1680. The number of aromatic nitrogens is 2. The van der Waals surface area contributed by atoms with Crippen LogP contribution in [0.25, 0.3) is 11.3 Å². The molecule has 8 nitrogen and oxygen atoms in total. The molecular formula is C41H55N7O. The van der Waals surface area contributed by atoms with Crippen LogP contribution in [0.15, 0.2) is 61.7 Å². The molecule has 1 saturated carbocycles. The molecule has 0 radical (unpaired) electrons. The third-order valence-electron chi connectivity index (χ3n) is 12.3. The number of likely N-dealkylation sites (tertiary alicyclic amines) is 1. The third kappa shape index (κ3) is 6.38. The number of anilines is 2. The van der Waals surface area contributed by atoms with E-state index in [1.807, 2.05) is 11.0 Å². The minimum absolute atomic E-state index is 0.0312. The Labute approximate surface area is 293 Å². The van der Waals surface area contributed by atoms with E-state index in [0.717, 1.165) is 114 Å². The smallest absolute Gasteiger partial charge is 0.245 e. The second kappa shape index (κ2) is 13.2. The second-order valence-electron chi connectivity index (χ2n) is 15.7. The number of rotatable bonds is 9. The van der Waals surface area contributed by atoms with Gasteiger partial charge in [0.15, 0.2) is 0 Å². The number of aryl methyl sites for hydroxylation is 2. The van der Waals surface area contributed by atoms with E-state index in [0.29, 0.717) is 12.1 Å². The summed E-state index contributed by atoms with van der Waals surface area (Å²) in [6.45, 7) is 32.0. The van der Waals surface area contributed by atoms with Gasteiger partial charge in [-0.15, -0.1) is 0 Å². The van der Waals surface area contributed by atoms with Gasteiger partial charge in [0.05, 0.1) is 5.69 Å². The number of hydrogen-bond donors (Lipinski definition) is 0. The average molecular weight is 662 g/mol. The number of carbonyl (C=O) groups is 1. The Kier molecular flexibility index (Phi) is 9.07. The van der Waals surface area contributed by atoms with Crippen LogP contribution in [-0.4, -0.2) is 109 Å². The molecule has 1 spiro atoms. The van der Waals surface area contributed by atoms with Gasteiger partial charge in [-0.3, -0.25) is 9.69 Å². The maximum atomic E-state index is 12.4. The van der Waals surface area contributed by atoms with Crippen LogP contribution in [0.5, 0.6) is 0 Å². The van der Waals surface area contributed by atoms with Crippen LogP contribution < -0.4 is 9.80 Å². The number of hydrogen-bond acceptors (Lipinski definition) is 7. The normalized spacial score (nSPS) is 24.3. The molecule has 1 aliphatic carbocycles. The molecule has 1 amide bonds. The molecule has 5 aliphatic rings. The first kappa shape index (κ1) is 33.7. The fourth-order valence-electron chi connectivity index (χ4n) is 8.84. The number of piperazine rings is 1. The lowest BCUT2D eigenvalue weighted by Gasteiger charge is -2.47. The number of carbonyl (C=O) groups excluding carboxylic acids is 1. The molecular weight excluding hydrogens is 606 g/mol. The molecule has 5 heterocycles. The van der Waals surface area contributed by atoms with Gasteiger partial charge in [0, 0.05) is 93.4 Å². The van der Waals surface area contributed by atoms with E-state index in [2.05, 4.69) is 85.9 Å². The van der Waals surface area contributed by atoms with E-state index in [4.69, 9.17) is 9.97 Å². The number of piperidine rings is 1. The van der Waals surface area contributed by atoms with Crippen LogP contribution in [0.2, 0.25) is 0 Å². The van der Waals surface area contributed by atoms with Crippen LogP contribution >= 0.6 is 0 Å². The first-order valence-electron chi connectivity index (χ1n) is 18.4. The van der Waals surface area contributed by atoms with Gasteiger partial charge >= 0.3 is 0 Å². The van der Waals surface area contributed by atoms with Crippen molar-refractivity contribution in [3.05, 3.63) is 84.0 Å². The summed E-state index contributed by atoms with van der Waals surface area (Å²) in [6.07, 6.45) is 8.32. The highest BCUT2D eigenvalue weighted by atomic mass is 16.2. The predicted molar refractivity (Wildman–Crippen MR) is 201 cm³/mol. The van der Waals surface area contributed by atoms with Crippen LogP contribution in [-0.2, 0) is 11.2 Å². The molecule has 0 bridgehead atoms. The summed E-state index contributed by atoms with van der Waals surface area (Å²) >= 11 is 0. The van der Waals surface area contributed by atoms with Gasteiger partial charge in [-0.1, -0.05) is 55.7 Å². The molecule has 4 aliphatic heterocycles. The largest absolute Gasteiger partial charge is 0.355 e. The van der Waals surface area contributed by atoms with Crippen molar-refractivity contribution in [3.8, 4) is 11.3 Å². The van der Waals surface area contributed by atoms with E-state index in [1.54, 1.807) is 0 Å². The summed E-state index contributed by atoms with van der Waals surface area (Å²) in [5, 5.41) is 0. The highest BCUT2D eigenvalue weighted by Gasteiger charge is 2.50. The van der Waals surface area contributed by atoms with Crippen molar-refractivity contribution >= 4 is 17.7 Å². The highest BCUT2D eigenvalue weighted by Crippen LogP contribution is 2.54. The Morgan fingerprint density at radius 2 is 1.69 bits per heavy atom. The number of benzene rings is 1. The summed E-state index contributed by atoms with van der Waals surface area (Å²) in [7, 11) is 2.25. The standard InChI is InChI=1S/C41H55N7O/c1-9-27(3)21-33-28(4)11-12-29(5)36(33)38-37(34-22-30(34)6)39(47-18-15-41(24-47)25-48(26-41)35(49)10-2)43-40(42-38)45-16-13-32(14-17-45)46-20-19-44(8)31(7)23-46/h9-12,31-32,34H,1-3,6,13-26H2,4-5,7-8H3/t31-,34?/m1/s1. The molecule has 49 heavy (non-hydrogen) atoms. The molecule has 5 fully saturated rings. The van der Waals surface area contributed by atoms with Crippen molar-refractivity contribution in [1.82, 2.24) is 24.7 Å². The molecule has 1 aromatic heterocycles. The third-order valence-corrected chi connectivity index (χ3v) is 12.3. The zero-order chi connectivity index (χ0) is 34.6. The second-order valence-corrected chi connectivity index (χ2v) is 15.7. The monoisotopic (exact) mass is 661 g/mol. The molecule has 2 atom stereocenters. The van der Waals surface area contributed by atoms with E-state index in [1.165, 1.54) is 39.5 Å². The van der Waals surface area contributed by atoms with Gasteiger partial charge < -0.3 is 19.6 Å². The Morgan fingerprint density at radius 1 is 0.980 bits per heavy atom. The lowest BCUT2D eigenvalue weighted by Crippen LogP contribution is -2.59. The number of amides is 1. The summed E-state index contributed by atoms with van der Waals surface area (Å²) in [5.41, 5.74) is 9.60. The lowest BCUT2D eigenvalue weighted by molar-refractivity contribution is -0.136. The molecule has 7 rings (SSSR count). The topological polar surface area (TPSA) is 59.1 Å². The van der Waals surface area contributed by atoms with Gasteiger partial charge in [-0.2, -0.15) is 4.98 Å². The van der Waals surface area contributed by atoms with Crippen molar-refractivity contribution < 1.29 is 4.79 Å². The summed E-state index contributed by atoms with van der Waals surface area (Å²) in [6, 6.07) is 5.67. The zero-order valence-corrected chi connectivity index (χ0v) is 30.3. The summed E-state index contributed by atoms with van der Waals surface area (Å²) < 4.78 is 0. The van der Waals surface area contributed by atoms with Gasteiger partial charge in [0.25, 0.3) is 0 Å². The Hall–Kier alpha value is -3.75. The van der Waals surface area contributed by atoms with Gasteiger partial charge in [-0.05, 0) is 82.7 Å². The molecule has 4 saturated heterocycles. The van der Waals surface area contributed by atoms with Crippen LogP contribution in [0.3, 0.4) is 0 Å².